The van der Waals surface area contributed by atoms with Gasteiger partial charge >= 0.3 is 5.97 Å². The zero-order valence-electron chi connectivity index (χ0n) is 6.17. The summed E-state index contributed by atoms with van der Waals surface area (Å²) < 4.78 is 17.0. The number of esters is 1. The van der Waals surface area contributed by atoms with Crippen molar-refractivity contribution in [3.05, 3.63) is 0 Å². The Bertz CT molecular complexity index is 145. The fraction of sp³-hybridized carbons (Fsp3) is 0.833. The lowest BCUT2D eigenvalue weighted by atomic mass is 10.2. The predicted octanol–water partition coefficient (Wildman–Crippen LogP) is 0.281. The molecule has 1 fully saturated rings. The second-order valence-corrected chi connectivity index (χ2v) is 2.26. The van der Waals surface area contributed by atoms with Crippen LogP contribution in [0.4, 0.5) is 4.39 Å². The van der Waals surface area contributed by atoms with Crippen LogP contribution in [0.5, 0.6) is 0 Å². The van der Waals surface area contributed by atoms with Crippen molar-refractivity contribution >= 4 is 18.4 Å². The van der Waals surface area contributed by atoms with Crippen molar-refractivity contribution in [2.75, 3.05) is 13.7 Å². The molecule has 5 heteroatoms. The van der Waals surface area contributed by atoms with E-state index in [1.165, 1.54) is 7.11 Å². The number of carbonyl (C=O) groups is 1. The Hall–Kier alpha value is -0.350. The second kappa shape index (κ2) is 4.51. The minimum absolute atomic E-state index is 0. The van der Waals surface area contributed by atoms with Crippen molar-refractivity contribution < 1.29 is 13.9 Å². The molecule has 0 bridgehead atoms. The van der Waals surface area contributed by atoms with Crippen molar-refractivity contribution in [3.8, 4) is 0 Å². The summed E-state index contributed by atoms with van der Waals surface area (Å²) in [6.45, 7) is 0.556. The molecule has 0 aromatic carbocycles. The molecule has 0 radical (unpaired) electrons. The number of hydrogen-bond acceptors (Lipinski definition) is 3. The largest absolute Gasteiger partial charge is 0.468 e. The van der Waals surface area contributed by atoms with Crippen LogP contribution < -0.4 is 5.32 Å². The highest BCUT2D eigenvalue weighted by atomic mass is 35.5. The third kappa shape index (κ3) is 2.31. The Morgan fingerprint density at radius 1 is 1.73 bits per heavy atom. The maximum absolute atomic E-state index is 12.7. The molecule has 1 heterocycles. The van der Waals surface area contributed by atoms with Gasteiger partial charge in [0.25, 0.3) is 0 Å². The highest BCUT2D eigenvalue weighted by molar-refractivity contribution is 5.85. The Balaban J connectivity index is 0.000001000. The van der Waals surface area contributed by atoms with Crippen molar-refractivity contribution in [2.45, 2.75) is 18.6 Å². The molecule has 0 aromatic rings. The van der Waals surface area contributed by atoms with E-state index in [-0.39, 0.29) is 12.4 Å². The minimum atomic E-state index is -1.08. The van der Waals surface area contributed by atoms with Gasteiger partial charge in [0.05, 0.1) is 7.11 Å². The van der Waals surface area contributed by atoms with E-state index in [2.05, 4.69) is 10.1 Å². The lowest BCUT2D eigenvalue weighted by Crippen LogP contribution is -2.37. The summed E-state index contributed by atoms with van der Waals surface area (Å²) in [5.41, 5.74) is 0. The number of nitrogens with one attached hydrogen (secondary N) is 1. The van der Waals surface area contributed by atoms with Crippen LogP contribution in [0.3, 0.4) is 0 Å². The average molecular weight is 184 g/mol. The van der Waals surface area contributed by atoms with Crippen LogP contribution in [0.1, 0.15) is 6.42 Å². The fourth-order valence-electron chi connectivity index (χ4n) is 1.03. The molecule has 1 saturated heterocycles. The first-order chi connectivity index (χ1) is 4.75. The van der Waals surface area contributed by atoms with E-state index in [4.69, 9.17) is 0 Å². The summed E-state index contributed by atoms with van der Waals surface area (Å²) in [4.78, 5) is 10.7. The summed E-state index contributed by atoms with van der Waals surface area (Å²) in [7, 11) is 1.26. The molecule has 0 amide bonds. The molecule has 0 saturated carbocycles. The van der Waals surface area contributed by atoms with Gasteiger partial charge in [-0.05, 0) is 13.0 Å². The SMILES string of the molecule is COC(=O)[C@H]1NCC[C@H]1F.Cl. The van der Waals surface area contributed by atoms with E-state index in [1.54, 1.807) is 0 Å². The summed E-state index contributed by atoms with van der Waals surface area (Å²) in [6, 6.07) is -0.731. The Morgan fingerprint density at radius 2 is 2.36 bits per heavy atom. The molecule has 2 atom stereocenters. The van der Waals surface area contributed by atoms with Crippen LogP contribution in [0.2, 0.25) is 0 Å². The quantitative estimate of drug-likeness (QED) is 0.594. The van der Waals surface area contributed by atoms with Gasteiger partial charge < -0.3 is 10.1 Å². The average Bonchev–Trinajstić information content (AvgIpc) is 2.34. The predicted molar refractivity (Wildman–Crippen MR) is 40.6 cm³/mol. The molecule has 1 N–H and O–H groups in total. The van der Waals surface area contributed by atoms with Gasteiger partial charge in [-0.15, -0.1) is 12.4 Å². The number of rotatable bonds is 1. The zero-order chi connectivity index (χ0) is 7.56. The van der Waals surface area contributed by atoms with Crippen LogP contribution in [0, 0.1) is 0 Å². The second-order valence-electron chi connectivity index (χ2n) is 2.26. The van der Waals surface area contributed by atoms with E-state index in [0.29, 0.717) is 13.0 Å². The molecule has 0 unspecified atom stereocenters. The minimum Gasteiger partial charge on any atom is -0.468 e. The molecule has 3 nitrogen and oxygen atoms in total. The lowest BCUT2D eigenvalue weighted by Gasteiger charge is -2.08. The van der Waals surface area contributed by atoms with E-state index >= 15 is 0 Å². The maximum Gasteiger partial charge on any atom is 0.325 e. The lowest BCUT2D eigenvalue weighted by molar-refractivity contribution is -0.143. The number of hydrogen-bond donors (Lipinski definition) is 1. The molecule has 11 heavy (non-hydrogen) atoms. The molecular weight excluding hydrogens is 173 g/mol. The molecule has 0 spiro atoms. The Morgan fingerprint density at radius 3 is 2.73 bits per heavy atom. The van der Waals surface area contributed by atoms with E-state index in [0.717, 1.165) is 0 Å². The number of halogens is 2. The highest BCUT2D eigenvalue weighted by Gasteiger charge is 2.33. The monoisotopic (exact) mass is 183 g/mol. The first-order valence-corrected chi connectivity index (χ1v) is 3.21. The van der Waals surface area contributed by atoms with E-state index < -0.39 is 18.2 Å². The smallest absolute Gasteiger partial charge is 0.325 e. The van der Waals surface area contributed by atoms with Crippen molar-refractivity contribution in [3.63, 3.8) is 0 Å². The summed E-state index contributed by atoms with van der Waals surface area (Å²) >= 11 is 0. The third-order valence-electron chi connectivity index (χ3n) is 1.60. The van der Waals surface area contributed by atoms with Gasteiger partial charge in [-0.25, -0.2) is 4.39 Å². The summed E-state index contributed by atoms with van der Waals surface area (Å²) in [5.74, 6) is -0.509. The fourth-order valence-corrected chi connectivity index (χ4v) is 1.03. The number of carbonyl (C=O) groups excluding carboxylic acids is 1. The highest BCUT2D eigenvalue weighted by Crippen LogP contribution is 2.11. The van der Waals surface area contributed by atoms with Crippen LogP contribution in [-0.2, 0) is 9.53 Å². The van der Waals surface area contributed by atoms with Crippen molar-refractivity contribution in [2.24, 2.45) is 0 Å². The van der Waals surface area contributed by atoms with Crippen molar-refractivity contribution in [1.29, 1.82) is 0 Å². The number of methoxy groups -OCH3 is 1. The van der Waals surface area contributed by atoms with Gasteiger partial charge in [0.15, 0.2) is 0 Å². The normalized spacial score (nSPS) is 29.3. The number of alkyl halides is 1. The van der Waals surface area contributed by atoms with Gasteiger partial charge in [-0.2, -0.15) is 0 Å². The third-order valence-corrected chi connectivity index (χ3v) is 1.60. The van der Waals surface area contributed by atoms with Crippen LogP contribution >= 0.6 is 12.4 Å². The van der Waals surface area contributed by atoms with E-state index in [9.17, 15) is 9.18 Å². The molecule has 0 aliphatic carbocycles. The molecule has 1 aliphatic heterocycles. The molecule has 0 aromatic heterocycles. The molecule has 66 valence electrons. The van der Waals surface area contributed by atoms with Gasteiger partial charge in [0, 0.05) is 0 Å². The van der Waals surface area contributed by atoms with Crippen LogP contribution in [0.15, 0.2) is 0 Å². The van der Waals surface area contributed by atoms with Crippen molar-refractivity contribution in [1.82, 2.24) is 5.32 Å². The van der Waals surface area contributed by atoms with Crippen LogP contribution in [0.25, 0.3) is 0 Å². The molecular formula is C6H11ClFNO2. The van der Waals surface area contributed by atoms with Gasteiger partial charge in [-0.3, -0.25) is 4.79 Å². The summed E-state index contributed by atoms with van der Waals surface area (Å²) in [5, 5.41) is 2.71. The molecule has 1 aliphatic rings. The van der Waals surface area contributed by atoms with Crippen LogP contribution in [-0.4, -0.2) is 31.8 Å². The van der Waals surface area contributed by atoms with E-state index in [1.807, 2.05) is 0 Å². The standard InChI is InChI=1S/C6H10FNO2.ClH/c1-10-6(9)5-4(7)2-3-8-5;/h4-5,8H,2-3H2,1H3;1H/t4-,5+;/m1./s1. The first kappa shape index (κ1) is 10.7. The Kier molecular flexibility index (Phi) is 4.37. The van der Waals surface area contributed by atoms with Gasteiger partial charge in [0.2, 0.25) is 0 Å². The zero-order valence-corrected chi connectivity index (χ0v) is 6.99. The topological polar surface area (TPSA) is 38.3 Å². The first-order valence-electron chi connectivity index (χ1n) is 3.21. The Labute approximate surface area is 70.7 Å². The van der Waals surface area contributed by atoms with Gasteiger partial charge in [-0.1, -0.05) is 0 Å². The molecule has 1 rings (SSSR count). The maximum atomic E-state index is 12.7. The van der Waals surface area contributed by atoms with Gasteiger partial charge in [0.1, 0.15) is 12.2 Å². The number of ether oxygens (including phenoxy) is 1. The summed E-state index contributed by atoms with van der Waals surface area (Å²) in [6.07, 6.45) is -0.674.